The topological polar surface area (TPSA) is 81.7 Å². The van der Waals surface area contributed by atoms with E-state index in [4.69, 9.17) is 0 Å². The number of phenols is 1. The van der Waals surface area contributed by atoms with E-state index in [-0.39, 0.29) is 17.5 Å². The molecule has 27 heavy (non-hydrogen) atoms. The first-order valence-electron chi connectivity index (χ1n) is 9.19. The van der Waals surface area contributed by atoms with Gasteiger partial charge in [-0.1, -0.05) is 36.4 Å². The highest BCUT2D eigenvalue weighted by Crippen LogP contribution is 2.23. The van der Waals surface area contributed by atoms with Crippen molar-refractivity contribution in [3.8, 4) is 5.75 Å². The van der Waals surface area contributed by atoms with Gasteiger partial charge in [-0.15, -0.1) is 0 Å². The molecule has 0 atom stereocenters. The molecular formula is C21H25N3O3. The van der Waals surface area contributed by atoms with E-state index in [1.807, 2.05) is 25.1 Å². The fourth-order valence-corrected chi connectivity index (χ4v) is 3.26. The molecule has 6 heteroatoms. The van der Waals surface area contributed by atoms with Gasteiger partial charge >= 0.3 is 11.8 Å². The Hall–Kier alpha value is -2.86. The van der Waals surface area contributed by atoms with Crippen molar-refractivity contribution in [1.82, 2.24) is 10.2 Å². The van der Waals surface area contributed by atoms with E-state index in [1.54, 1.807) is 12.1 Å². The number of anilines is 1. The number of hydrogen-bond acceptors (Lipinski definition) is 4. The van der Waals surface area contributed by atoms with Crippen molar-refractivity contribution >= 4 is 17.5 Å². The van der Waals surface area contributed by atoms with Crippen LogP contribution in [0, 0.1) is 6.92 Å². The molecule has 0 bridgehead atoms. The van der Waals surface area contributed by atoms with E-state index in [0.717, 1.165) is 38.0 Å². The number of aromatic hydroxyl groups is 1. The number of carbonyl (C=O) groups is 2. The zero-order valence-corrected chi connectivity index (χ0v) is 15.4. The Morgan fingerprint density at radius 3 is 2.48 bits per heavy atom. The van der Waals surface area contributed by atoms with Crippen LogP contribution in [0.1, 0.15) is 24.0 Å². The van der Waals surface area contributed by atoms with Crippen molar-refractivity contribution in [3.05, 3.63) is 59.7 Å². The molecule has 0 radical (unpaired) electrons. The lowest BCUT2D eigenvalue weighted by Crippen LogP contribution is -2.47. The summed E-state index contributed by atoms with van der Waals surface area (Å²) in [5, 5.41) is 15.1. The number of benzene rings is 2. The van der Waals surface area contributed by atoms with E-state index < -0.39 is 11.8 Å². The third-order valence-corrected chi connectivity index (χ3v) is 4.78. The molecule has 1 saturated heterocycles. The number of carbonyl (C=O) groups excluding carboxylic acids is 2. The van der Waals surface area contributed by atoms with Crippen LogP contribution in [0.2, 0.25) is 0 Å². The summed E-state index contributed by atoms with van der Waals surface area (Å²) in [6.07, 6.45) is 1.61. The van der Waals surface area contributed by atoms with Crippen LogP contribution in [-0.4, -0.2) is 41.0 Å². The van der Waals surface area contributed by atoms with Crippen molar-refractivity contribution < 1.29 is 14.7 Å². The second kappa shape index (κ2) is 8.68. The van der Waals surface area contributed by atoms with Crippen LogP contribution in [0.5, 0.6) is 5.75 Å². The number of rotatable bonds is 4. The number of piperidine rings is 1. The molecule has 142 valence electrons. The maximum Gasteiger partial charge on any atom is 0.313 e. The highest BCUT2D eigenvalue weighted by molar-refractivity contribution is 6.39. The van der Waals surface area contributed by atoms with Crippen molar-refractivity contribution in [2.45, 2.75) is 32.4 Å². The first-order chi connectivity index (χ1) is 13.0. The fourth-order valence-electron chi connectivity index (χ4n) is 3.26. The van der Waals surface area contributed by atoms with Gasteiger partial charge in [-0.2, -0.15) is 0 Å². The molecule has 1 aliphatic heterocycles. The van der Waals surface area contributed by atoms with Gasteiger partial charge in [0, 0.05) is 25.7 Å². The SMILES string of the molecule is Cc1ccc(O)c(NC(=O)C(=O)NC2CCN(Cc3ccccc3)CC2)c1. The van der Waals surface area contributed by atoms with E-state index in [2.05, 4.69) is 27.7 Å². The Bertz CT molecular complexity index is 800. The third kappa shape index (κ3) is 5.31. The lowest BCUT2D eigenvalue weighted by Gasteiger charge is -2.32. The Morgan fingerprint density at radius 1 is 1.07 bits per heavy atom. The number of nitrogens with zero attached hydrogens (tertiary/aromatic N) is 1. The Labute approximate surface area is 159 Å². The molecule has 2 amide bonds. The summed E-state index contributed by atoms with van der Waals surface area (Å²) in [5.41, 5.74) is 2.40. The minimum absolute atomic E-state index is 0.0126. The molecule has 0 aromatic heterocycles. The highest BCUT2D eigenvalue weighted by atomic mass is 16.3. The number of aryl methyl sites for hydroxylation is 1. The normalized spacial score (nSPS) is 15.3. The Kier molecular flexibility index (Phi) is 6.08. The molecule has 1 aliphatic rings. The number of nitrogens with one attached hydrogen (secondary N) is 2. The zero-order valence-electron chi connectivity index (χ0n) is 15.4. The van der Waals surface area contributed by atoms with Crippen LogP contribution >= 0.6 is 0 Å². The molecule has 3 N–H and O–H groups in total. The molecule has 0 saturated carbocycles. The number of phenolic OH excluding ortho intramolecular Hbond substituents is 1. The lowest BCUT2D eigenvalue weighted by atomic mass is 10.0. The smallest absolute Gasteiger partial charge is 0.313 e. The average molecular weight is 367 g/mol. The van der Waals surface area contributed by atoms with Gasteiger partial charge in [0.2, 0.25) is 0 Å². The van der Waals surface area contributed by atoms with Gasteiger partial charge in [0.15, 0.2) is 0 Å². The average Bonchev–Trinajstić information content (AvgIpc) is 2.67. The second-order valence-electron chi connectivity index (χ2n) is 6.98. The standard InChI is InChI=1S/C21H25N3O3/c1-15-7-8-19(25)18(13-15)23-21(27)20(26)22-17-9-11-24(12-10-17)14-16-5-3-2-4-6-16/h2-8,13,17,25H,9-12,14H2,1H3,(H,22,26)(H,23,27). The van der Waals surface area contributed by atoms with Gasteiger partial charge < -0.3 is 15.7 Å². The number of hydrogen-bond donors (Lipinski definition) is 3. The fraction of sp³-hybridized carbons (Fsp3) is 0.333. The minimum atomic E-state index is -0.761. The molecular weight excluding hydrogens is 342 g/mol. The molecule has 6 nitrogen and oxygen atoms in total. The molecule has 2 aromatic carbocycles. The number of amides is 2. The van der Waals surface area contributed by atoms with E-state index in [1.165, 1.54) is 11.6 Å². The second-order valence-corrected chi connectivity index (χ2v) is 6.98. The first kappa shape index (κ1) is 18.9. The van der Waals surface area contributed by atoms with E-state index in [0.29, 0.717) is 0 Å². The van der Waals surface area contributed by atoms with Crippen LogP contribution in [0.15, 0.2) is 48.5 Å². The van der Waals surface area contributed by atoms with Gasteiger partial charge in [-0.25, -0.2) is 0 Å². The molecule has 0 unspecified atom stereocenters. The summed E-state index contributed by atoms with van der Waals surface area (Å²) >= 11 is 0. The van der Waals surface area contributed by atoms with E-state index >= 15 is 0 Å². The largest absolute Gasteiger partial charge is 0.506 e. The van der Waals surface area contributed by atoms with Gasteiger partial charge in [-0.3, -0.25) is 14.5 Å². The summed E-state index contributed by atoms with van der Waals surface area (Å²) in [6.45, 7) is 4.49. The first-order valence-corrected chi connectivity index (χ1v) is 9.19. The summed E-state index contributed by atoms with van der Waals surface area (Å²) in [5.74, 6) is -1.49. The molecule has 1 heterocycles. The summed E-state index contributed by atoms with van der Waals surface area (Å²) in [6, 6.07) is 15.1. The summed E-state index contributed by atoms with van der Waals surface area (Å²) in [7, 11) is 0. The van der Waals surface area contributed by atoms with E-state index in [9.17, 15) is 14.7 Å². The third-order valence-electron chi connectivity index (χ3n) is 4.78. The highest BCUT2D eigenvalue weighted by Gasteiger charge is 2.24. The Morgan fingerprint density at radius 2 is 1.78 bits per heavy atom. The van der Waals surface area contributed by atoms with Gasteiger partial charge in [0.25, 0.3) is 0 Å². The number of likely N-dealkylation sites (tertiary alicyclic amines) is 1. The van der Waals surface area contributed by atoms with Gasteiger partial charge in [0.1, 0.15) is 5.75 Å². The van der Waals surface area contributed by atoms with Gasteiger partial charge in [-0.05, 0) is 43.0 Å². The van der Waals surface area contributed by atoms with Crippen LogP contribution in [0.3, 0.4) is 0 Å². The van der Waals surface area contributed by atoms with Crippen molar-refractivity contribution in [1.29, 1.82) is 0 Å². The molecule has 2 aromatic rings. The maximum absolute atomic E-state index is 12.2. The minimum Gasteiger partial charge on any atom is -0.506 e. The monoisotopic (exact) mass is 367 g/mol. The van der Waals surface area contributed by atoms with Crippen molar-refractivity contribution in [2.24, 2.45) is 0 Å². The van der Waals surface area contributed by atoms with Crippen LogP contribution in [-0.2, 0) is 16.1 Å². The van der Waals surface area contributed by atoms with Crippen molar-refractivity contribution in [3.63, 3.8) is 0 Å². The summed E-state index contributed by atoms with van der Waals surface area (Å²) in [4.78, 5) is 26.6. The molecule has 3 rings (SSSR count). The molecule has 0 spiro atoms. The van der Waals surface area contributed by atoms with Crippen LogP contribution in [0.25, 0.3) is 0 Å². The van der Waals surface area contributed by atoms with Crippen LogP contribution in [0.4, 0.5) is 5.69 Å². The van der Waals surface area contributed by atoms with Crippen molar-refractivity contribution in [2.75, 3.05) is 18.4 Å². The molecule has 1 fully saturated rings. The van der Waals surface area contributed by atoms with Gasteiger partial charge in [0.05, 0.1) is 5.69 Å². The Balaban J connectivity index is 1.46. The zero-order chi connectivity index (χ0) is 19.2. The maximum atomic E-state index is 12.2. The predicted molar refractivity (Wildman–Crippen MR) is 104 cm³/mol. The predicted octanol–water partition coefficient (Wildman–Crippen LogP) is 2.42. The summed E-state index contributed by atoms with van der Waals surface area (Å²) < 4.78 is 0. The van der Waals surface area contributed by atoms with Crippen LogP contribution < -0.4 is 10.6 Å². The molecule has 0 aliphatic carbocycles. The quantitative estimate of drug-likeness (QED) is 0.573. The lowest BCUT2D eigenvalue weighted by molar-refractivity contribution is -0.136.